The number of nitrogens with two attached hydrogens (primary N) is 1. The van der Waals surface area contributed by atoms with Crippen LogP contribution in [-0.4, -0.2) is 27.4 Å². The Morgan fingerprint density at radius 1 is 1.40 bits per heavy atom. The Hall–Kier alpha value is -1.44. The van der Waals surface area contributed by atoms with Crippen molar-refractivity contribution in [1.82, 2.24) is 4.72 Å². The second-order valence-electron chi connectivity index (χ2n) is 4.47. The summed E-state index contributed by atoms with van der Waals surface area (Å²) in [6.45, 7) is 2.02. The highest BCUT2D eigenvalue weighted by atomic mass is 32.2. The monoisotopic (exact) mass is 299 g/mol. The normalized spacial score (nSPS) is 12.9. The summed E-state index contributed by atoms with van der Waals surface area (Å²) in [5.74, 6) is -0.308. The predicted octanol–water partition coefficient (Wildman–Crippen LogP) is 1.05. The van der Waals surface area contributed by atoms with Gasteiger partial charge < -0.3 is 11.1 Å². The molecule has 4 N–H and O–H groups in total. The molecule has 0 aliphatic heterocycles. The van der Waals surface area contributed by atoms with Gasteiger partial charge in [-0.2, -0.15) is 0 Å². The molecule has 1 atom stereocenters. The van der Waals surface area contributed by atoms with E-state index in [0.29, 0.717) is 12.1 Å². The average molecular weight is 299 g/mol. The van der Waals surface area contributed by atoms with E-state index in [0.717, 1.165) is 12.8 Å². The van der Waals surface area contributed by atoms with Crippen LogP contribution < -0.4 is 15.8 Å². The number of hydrogen-bond acceptors (Lipinski definition) is 4. The summed E-state index contributed by atoms with van der Waals surface area (Å²) in [6.07, 6.45) is 2.45. The second kappa shape index (κ2) is 7.37. The summed E-state index contributed by atoms with van der Waals surface area (Å²) in [4.78, 5) is 11.9. The molecular formula is C13H21N3O3S. The molecule has 1 amide bonds. The minimum atomic E-state index is -3.52. The lowest BCUT2D eigenvalue weighted by Crippen LogP contribution is -2.35. The van der Waals surface area contributed by atoms with Crippen molar-refractivity contribution in [2.24, 2.45) is 5.73 Å². The maximum absolute atomic E-state index is 11.8. The molecule has 1 unspecified atom stereocenters. The lowest BCUT2D eigenvalue weighted by molar-refractivity contribution is -0.117. The van der Waals surface area contributed by atoms with Gasteiger partial charge >= 0.3 is 0 Å². The Morgan fingerprint density at radius 2 is 2.10 bits per heavy atom. The number of sulfonamides is 1. The summed E-state index contributed by atoms with van der Waals surface area (Å²) < 4.78 is 25.6. The highest BCUT2D eigenvalue weighted by molar-refractivity contribution is 7.89. The van der Waals surface area contributed by atoms with Crippen molar-refractivity contribution in [3.05, 3.63) is 24.3 Å². The van der Waals surface area contributed by atoms with E-state index >= 15 is 0 Å². The zero-order valence-electron chi connectivity index (χ0n) is 11.7. The van der Waals surface area contributed by atoms with Gasteiger partial charge in [-0.05, 0) is 31.7 Å². The first kappa shape index (κ1) is 16.6. The van der Waals surface area contributed by atoms with Crippen LogP contribution in [0, 0.1) is 0 Å². The van der Waals surface area contributed by atoms with Crippen LogP contribution in [0.25, 0.3) is 0 Å². The number of amides is 1. The van der Waals surface area contributed by atoms with Crippen LogP contribution in [0.3, 0.4) is 0 Å². The molecule has 0 saturated carbocycles. The standard InChI is InChI=1S/C13H21N3O3S/c1-3-4-8-12(14)13(17)16-10-6-5-7-11(9-10)20(18,19)15-2/h5-7,9,12,15H,3-4,8,14H2,1-2H3,(H,16,17). The molecule has 0 heterocycles. The summed E-state index contributed by atoms with van der Waals surface area (Å²) >= 11 is 0. The van der Waals surface area contributed by atoms with Gasteiger partial charge in [0.05, 0.1) is 10.9 Å². The number of unbranched alkanes of at least 4 members (excludes halogenated alkanes) is 1. The van der Waals surface area contributed by atoms with Crippen LogP contribution in [0.4, 0.5) is 5.69 Å². The van der Waals surface area contributed by atoms with E-state index in [1.54, 1.807) is 12.1 Å². The lowest BCUT2D eigenvalue weighted by atomic mass is 10.1. The molecule has 1 aromatic rings. The molecule has 20 heavy (non-hydrogen) atoms. The Bertz CT molecular complexity index is 558. The zero-order chi connectivity index (χ0) is 15.2. The number of benzene rings is 1. The van der Waals surface area contributed by atoms with Crippen LogP contribution in [0.2, 0.25) is 0 Å². The molecule has 112 valence electrons. The van der Waals surface area contributed by atoms with E-state index < -0.39 is 16.1 Å². The maximum Gasteiger partial charge on any atom is 0.241 e. The van der Waals surface area contributed by atoms with Crippen molar-refractivity contribution in [1.29, 1.82) is 0 Å². The van der Waals surface area contributed by atoms with E-state index in [2.05, 4.69) is 10.0 Å². The molecule has 7 heteroatoms. The molecule has 1 rings (SSSR count). The van der Waals surface area contributed by atoms with Crippen LogP contribution in [0.15, 0.2) is 29.2 Å². The fourth-order valence-electron chi connectivity index (χ4n) is 1.65. The van der Waals surface area contributed by atoms with Crippen LogP contribution in [-0.2, 0) is 14.8 Å². The van der Waals surface area contributed by atoms with Gasteiger partial charge in [0, 0.05) is 5.69 Å². The van der Waals surface area contributed by atoms with Crippen molar-refractivity contribution in [2.45, 2.75) is 37.1 Å². The number of carbonyl (C=O) groups excluding carboxylic acids is 1. The first-order valence-electron chi connectivity index (χ1n) is 6.50. The highest BCUT2D eigenvalue weighted by Crippen LogP contribution is 2.15. The van der Waals surface area contributed by atoms with Gasteiger partial charge in [-0.3, -0.25) is 4.79 Å². The second-order valence-corrected chi connectivity index (χ2v) is 6.36. The van der Waals surface area contributed by atoms with Gasteiger partial charge in [0.2, 0.25) is 15.9 Å². The molecule has 6 nitrogen and oxygen atoms in total. The fourth-order valence-corrected chi connectivity index (χ4v) is 2.42. The average Bonchev–Trinajstić information content (AvgIpc) is 2.44. The third kappa shape index (κ3) is 4.59. The summed E-state index contributed by atoms with van der Waals surface area (Å²) in [5.41, 5.74) is 6.17. The van der Waals surface area contributed by atoms with Gasteiger partial charge in [-0.15, -0.1) is 0 Å². The summed E-state index contributed by atoms with van der Waals surface area (Å²) in [6, 6.07) is 5.46. The SMILES string of the molecule is CCCCC(N)C(=O)Nc1cccc(S(=O)(=O)NC)c1. The van der Waals surface area contributed by atoms with Gasteiger partial charge in [0.15, 0.2) is 0 Å². The van der Waals surface area contributed by atoms with Crippen molar-refractivity contribution in [3.8, 4) is 0 Å². The molecule has 0 spiro atoms. The van der Waals surface area contributed by atoms with Crippen molar-refractivity contribution in [3.63, 3.8) is 0 Å². The maximum atomic E-state index is 11.8. The topological polar surface area (TPSA) is 101 Å². The van der Waals surface area contributed by atoms with Crippen molar-refractivity contribution < 1.29 is 13.2 Å². The summed E-state index contributed by atoms with van der Waals surface area (Å²) in [7, 11) is -2.19. The molecule has 0 saturated heterocycles. The van der Waals surface area contributed by atoms with E-state index in [1.807, 2.05) is 6.92 Å². The third-order valence-corrected chi connectivity index (χ3v) is 4.30. The van der Waals surface area contributed by atoms with Gasteiger partial charge in [0.1, 0.15) is 0 Å². The predicted molar refractivity (Wildman–Crippen MR) is 78.8 cm³/mol. The van der Waals surface area contributed by atoms with Crippen LogP contribution in [0.1, 0.15) is 26.2 Å². The smallest absolute Gasteiger partial charge is 0.241 e. The quantitative estimate of drug-likeness (QED) is 0.700. The van der Waals surface area contributed by atoms with Gasteiger partial charge in [-0.1, -0.05) is 25.8 Å². The fraction of sp³-hybridized carbons (Fsp3) is 0.462. The van der Waals surface area contributed by atoms with Crippen LogP contribution in [0.5, 0.6) is 0 Å². The van der Waals surface area contributed by atoms with Gasteiger partial charge in [0.25, 0.3) is 0 Å². The molecule has 0 aliphatic rings. The lowest BCUT2D eigenvalue weighted by Gasteiger charge is -2.12. The molecular weight excluding hydrogens is 278 g/mol. The van der Waals surface area contributed by atoms with E-state index in [-0.39, 0.29) is 10.8 Å². The van der Waals surface area contributed by atoms with E-state index in [4.69, 9.17) is 5.73 Å². The molecule has 0 aromatic heterocycles. The molecule has 0 fully saturated rings. The number of nitrogens with one attached hydrogen (secondary N) is 2. The third-order valence-electron chi connectivity index (χ3n) is 2.89. The number of anilines is 1. The highest BCUT2D eigenvalue weighted by Gasteiger charge is 2.15. The Morgan fingerprint density at radius 3 is 2.70 bits per heavy atom. The Kier molecular flexibility index (Phi) is 6.12. The Balaban J connectivity index is 2.79. The van der Waals surface area contributed by atoms with Crippen LogP contribution >= 0.6 is 0 Å². The minimum Gasteiger partial charge on any atom is -0.325 e. The summed E-state index contributed by atoms with van der Waals surface area (Å²) in [5, 5.41) is 2.63. The van der Waals surface area contributed by atoms with Crippen molar-refractivity contribution in [2.75, 3.05) is 12.4 Å². The number of hydrogen-bond donors (Lipinski definition) is 3. The molecule has 0 aliphatic carbocycles. The minimum absolute atomic E-state index is 0.0972. The number of carbonyl (C=O) groups is 1. The van der Waals surface area contributed by atoms with Crippen molar-refractivity contribution >= 4 is 21.6 Å². The first-order chi connectivity index (χ1) is 9.40. The molecule has 1 aromatic carbocycles. The first-order valence-corrected chi connectivity index (χ1v) is 7.99. The van der Waals surface area contributed by atoms with E-state index in [1.165, 1.54) is 19.2 Å². The zero-order valence-corrected chi connectivity index (χ0v) is 12.5. The number of rotatable bonds is 7. The van der Waals surface area contributed by atoms with E-state index in [9.17, 15) is 13.2 Å². The Labute approximate surface area is 119 Å². The molecule has 0 radical (unpaired) electrons. The molecule has 0 bridgehead atoms. The van der Waals surface area contributed by atoms with Gasteiger partial charge in [-0.25, -0.2) is 13.1 Å². The largest absolute Gasteiger partial charge is 0.325 e.